The number of aromatic amines is 1. The Kier molecular flexibility index (Phi) is 9.87. The first-order chi connectivity index (χ1) is 15.7. The molecule has 0 spiro atoms. The molecule has 0 radical (unpaired) electrons. The third kappa shape index (κ3) is 8.18. The molecular weight excluding hydrogens is 424 g/mol. The van der Waals surface area contributed by atoms with Gasteiger partial charge in [0.15, 0.2) is 0 Å². The fourth-order valence-corrected chi connectivity index (χ4v) is 3.57. The summed E-state index contributed by atoms with van der Waals surface area (Å²) in [5.41, 5.74) is 4.19. The Morgan fingerprint density at radius 2 is 1.97 bits per heavy atom. The first-order valence-corrected chi connectivity index (χ1v) is 11.4. The zero-order chi connectivity index (χ0) is 24.4. The number of nitrogens with zero attached hydrogens (tertiary/aromatic N) is 2. The van der Waals surface area contributed by atoms with E-state index in [9.17, 15) is 19.6 Å². The maximum Gasteiger partial charge on any atom is 0.432 e. The summed E-state index contributed by atoms with van der Waals surface area (Å²) in [4.78, 5) is 40.3. The van der Waals surface area contributed by atoms with E-state index in [4.69, 9.17) is 4.74 Å². The first kappa shape index (κ1) is 26.3. The van der Waals surface area contributed by atoms with E-state index in [1.807, 2.05) is 37.4 Å². The van der Waals surface area contributed by atoms with Crippen LogP contribution in [0.25, 0.3) is 10.9 Å². The number of H-pyrrole nitrogens is 1. The predicted octanol–water partition coefficient (Wildman–Crippen LogP) is 4.02. The lowest BCUT2D eigenvalue weighted by Gasteiger charge is -2.29. The summed E-state index contributed by atoms with van der Waals surface area (Å²) < 4.78 is 5.44. The fourth-order valence-electron chi connectivity index (χ4n) is 3.57. The minimum absolute atomic E-state index is 0.199. The number of hydrogen-bond acceptors (Lipinski definition) is 6. The number of amides is 3. The molecule has 182 valence electrons. The Morgan fingerprint density at radius 1 is 1.24 bits per heavy atom. The first-order valence-electron chi connectivity index (χ1n) is 11.4. The zero-order valence-corrected chi connectivity index (χ0v) is 20.0. The van der Waals surface area contributed by atoms with Crippen molar-refractivity contribution in [2.45, 2.75) is 65.4 Å². The molecule has 9 nitrogen and oxygen atoms in total. The van der Waals surface area contributed by atoms with Crippen LogP contribution >= 0.6 is 0 Å². The van der Waals surface area contributed by atoms with Crippen molar-refractivity contribution in [1.82, 2.24) is 20.5 Å². The zero-order valence-electron chi connectivity index (χ0n) is 20.0. The second kappa shape index (κ2) is 12.4. The van der Waals surface area contributed by atoms with Crippen molar-refractivity contribution in [3.05, 3.63) is 36.0 Å². The molecule has 1 heterocycles. The monoisotopic (exact) mass is 460 g/mol. The summed E-state index contributed by atoms with van der Waals surface area (Å²) in [6.45, 7) is 7.32. The molecule has 1 aromatic carbocycles. The summed E-state index contributed by atoms with van der Waals surface area (Å²) >= 11 is 0. The molecule has 33 heavy (non-hydrogen) atoms. The number of nitrogens with one attached hydrogen (secondary N) is 2. The third-order valence-corrected chi connectivity index (χ3v) is 5.17. The van der Waals surface area contributed by atoms with Crippen LogP contribution in [0.5, 0.6) is 0 Å². The quantitative estimate of drug-likeness (QED) is 0.191. The van der Waals surface area contributed by atoms with Crippen molar-refractivity contribution in [3.8, 4) is 0 Å². The average Bonchev–Trinajstić information content (AvgIpc) is 3.17. The van der Waals surface area contributed by atoms with Crippen molar-refractivity contribution in [3.63, 3.8) is 0 Å². The summed E-state index contributed by atoms with van der Waals surface area (Å²) in [6, 6.07) is 7.90. The normalized spacial score (nSPS) is 12.4. The lowest BCUT2D eigenvalue weighted by molar-refractivity contribution is -0.157. The van der Waals surface area contributed by atoms with E-state index in [-0.39, 0.29) is 13.0 Å². The number of benzene rings is 1. The summed E-state index contributed by atoms with van der Waals surface area (Å²) in [6.07, 6.45) is 4.93. The number of rotatable bonds is 12. The highest BCUT2D eigenvalue weighted by Crippen LogP contribution is 2.19. The van der Waals surface area contributed by atoms with Gasteiger partial charge in [0.2, 0.25) is 6.41 Å². The van der Waals surface area contributed by atoms with E-state index >= 15 is 0 Å². The van der Waals surface area contributed by atoms with Gasteiger partial charge in [0.1, 0.15) is 5.60 Å². The highest BCUT2D eigenvalue weighted by Gasteiger charge is 2.33. The van der Waals surface area contributed by atoms with Gasteiger partial charge in [-0.2, -0.15) is 5.01 Å². The van der Waals surface area contributed by atoms with Crippen molar-refractivity contribution >= 4 is 29.3 Å². The third-order valence-electron chi connectivity index (χ3n) is 5.17. The van der Waals surface area contributed by atoms with E-state index in [1.165, 1.54) is 0 Å². The van der Waals surface area contributed by atoms with E-state index in [1.54, 1.807) is 20.8 Å². The molecule has 0 aliphatic carbocycles. The minimum Gasteiger partial charge on any atom is -0.442 e. The van der Waals surface area contributed by atoms with Crippen LogP contribution in [-0.2, 0) is 20.7 Å². The van der Waals surface area contributed by atoms with Gasteiger partial charge in [-0.3, -0.25) is 14.8 Å². The molecule has 0 fully saturated rings. The smallest absolute Gasteiger partial charge is 0.432 e. The Balaban J connectivity index is 2.16. The molecule has 0 saturated carbocycles. The van der Waals surface area contributed by atoms with Crippen molar-refractivity contribution in [1.29, 1.82) is 0 Å². The van der Waals surface area contributed by atoms with E-state index in [0.29, 0.717) is 24.4 Å². The second-order valence-electron chi connectivity index (χ2n) is 9.09. The highest BCUT2D eigenvalue weighted by atomic mass is 16.6. The predicted molar refractivity (Wildman–Crippen MR) is 125 cm³/mol. The molecule has 3 amide bonds. The molecule has 3 N–H and O–H groups in total. The fraction of sp³-hybridized carbons (Fsp3) is 0.542. The van der Waals surface area contributed by atoms with Crippen LogP contribution in [0.4, 0.5) is 4.79 Å². The lowest BCUT2D eigenvalue weighted by atomic mass is 10.00. The molecule has 1 atom stereocenters. The molecular formula is C24H36N4O5. The number of aromatic nitrogens is 1. The molecule has 1 aromatic heterocycles. The number of ether oxygens (including phenoxy) is 1. The maximum atomic E-state index is 13.3. The van der Waals surface area contributed by atoms with Crippen molar-refractivity contribution < 1.29 is 24.3 Å². The SMILES string of the molecule is CCCCCC(CN(O)C=O)C(=O)N(NCCc1c[nH]c2ccccc12)C(=O)OC(C)(C)C. The van der Waals surface area contributed by atoms with Crippen LogP contribution in [0.15, 0.2) is 30.5 Å². The standard InChI is InChI=1S/C24H36N4O5/c1-5-6-7-10-19(16-27(32)17-29)22(30)28(23(31)33-24(2,3)4)26-14-13-18-15-25-21-12-9-8-11-20(18)21/h8-9,11-12,15,17,19,25-26,32H,5-7,10,13-14,16H2,1-4H3. The number of carbonyl (C=O) groups excluding carboxylic acids is 3. The number of para-hydroxylation sites is 1. The number of carbonyl (C=O) groups is 3. The van der Waals surface area contributed by atoms with E-state index < -0.39 is 23.5 Å². The topological polar surface area (TPSA) is 115 Å². The molecule has 0 aliphatic rings. The number of fused-ring (bicyclic) bond motifs is 1. The van der Waals surface area contributed by atoms with Gasteiger partial charge in [-0.05, 0) is 45.2 Å². The molecule has 1 unspecified atom stereocenters. The van der Waals surface area contributed by atoms with Gasteiger partial charge in [-0.25, -0.2) is 15.3 Å². The highest BCUT2D eigenvalue weighted by molar-refractivity contribution is 5.93. The Labute approximate surface area is 195 Å². The number of hydrazine groups is 1. The van der Waals surface area contributed by atoms with E-state index in [0.717, 1.165) is 40.7 Å². The largest absolute Gasteiger partial charge is 0.442 e. The lowest BCUT2D eigenvalue weighted by Crippen LogP contribution is -2.53. The van der Waals surface area contributed by atoms with Gasteiger partial charge in [0.25, 0.3) is 5.91 Å². The molecule has 9 heteroatoms. The van der Waals surface area contributed by atoms with Crippen LogP contribution in [-0.4, -0.2) is 57.4 Å². The van der Waals surface area contributed by atoms with Crippen LogP contribution in [0.1, 0.15) is 58.9 Å². The molecule has 0 aliphatic heterocycles. The second-order valence-corrected chi connectivity index (χ2v) is 9.09. The Morgan fingerprint density at radius 3 is 2.64 bits per heavy atom. The molecule has 2 aromatic rings. The molecule has 0 saturated heterocycles. The van der Waals surface area contributed by atoms with Gasteiger partial charge in [0.05, 0.1) is 12.5 Å². The van der Waals surface area contributed by atoms with Crippen LogP contribution in [0.3, 0.4) is 0 Å². The molecule has 2 rings (SSSR count). The minimum atomic E-state index is -0.817. The summed E-state index contributed by atoms with van der Waals surface area (Å²) in [5, 5.41) is 12.1. The van der Waals surface area contributed by atoms with Gasteiger partial charge in [-0.15, -0.1) is 0 Å². The van der Waals surface area contributed by atoms with Gasteiger partial charge < -0.3 is 9.72 Å². The van der Waals surface area contributed by atoms with Gasteiger partial charge in [0, 0.05) is 23.6 Å². The van der Waals surface area contributed by atoms with Gasteiger partial charge >= 0.3 is 6.09 Å². The maximum absolute atomic E-state index is 13.3. The number of hydrogen-bond donors (Lipinski definition) is 3. The van der Waals surface area contributed by atoms with Crippen LogP contribution in [0.2, 0.25) is 0 Å². The number of imide groups is 1. The van der Waals surface area contributed by atoms with Crippen LogP contribution in [0, 0.1) is 5.92 Å². The van der Waals surface area contributed by atoms with Crippen molar-refractivity contribution in [2.75, 3.05) is 13.1 Å². The van der Waals surface area contributed by atoms with E-state index in [2.05, 4.69) is 10.4 Å². The van der Waals surface area contributed by atoms with Crippen LogP contribution < -0.4 is 5.43 Å². The Hall–Kier alpha value is -2.91. The van der Waals surface area contributed by atoms with Crippen molar-refractivity contribution in [2.24, 2.45) is 5.92 Å². The van der Waals surface area contributed by atoms with Gasteiger partial charge in [-0.1, -0.05) is 44.4 Å². The average molecular weight is 461 g/mol. The molecule has 0 bridgehead atoms. The number of hydroxylamine groups is 2. The summed E-state index contributed by atoms with van der Waals surface area (Å²) in [7, 11) is 0. The summed E-state index contributed by atoms with van der Waals surface area (Å²) in [5.74, 6) is -1.29. The number of unbranched alkanes of at least 4 members (excludes halogenated alkanes) is 2. The Bertz CT molecular complexity index is 921.